The monoisotopic (exact) mass is 1070 g/mol. The van der Waals surface area contributed by atoms with Gasteiger partial charge in [0.15, 0.2) is 5.65 Å². The molecule has 8 heterocycles. The molecule has 4 aliphatic heterocycles. The van der Waals surface area contributed by atoms with Gasteiger partial charge in [-0.15, -0.1) is 0 Å². The van der Waals surface area contributed by atoms with Crippen molar-refractivity contribution in [1.82, 2.24) is 54.2 Å². The lowest BCUT2D eigenvalue weighted by molar-refractivity contribution is -0.129. The second-order valence-electron chi connectivity index (χ2n) is 20.0. The number of aromatic amines is 1. The van der Waals surface area contributed by atoms with Gasteiger partial charge in [-0.1, -0.05) is 42.4 Å². The van der Waals surface area contributed by atoms with Crippen LogP contribution in [0.3, 0.4) is 0 Å². The summed E-state index contributed by atoms with van der Waals surface area (Å²) < 4.78 is 8.91. The number of amides is 1. The Kier molecular flexibility index (Phi) is 13.6. The summed E-state index contributed by atoms with van der Waals surface area (Å²) >= 11 is 10.5. The SMILES string of the molecule is C=C(CN(Cc1nc2cc(C)c(C)cc2[nH]1)c1nc(N2CCN(C)CC2)nc2c(Br)cnn12)C(=O)N1CCN(c2nc(OC[C@@H]3CCCN3C)nc3c2CCN(c2cccc4cccc(Cl)c24)C3)C[C@@H]1CC#N. The maximum Gasteiger partial charge on any atom is 0.318 e. The van der Waals surface area contributed by atoms with Crippen molar-refractivity contribution in [3.8, 4) is 12.1 Å². The van der Waals surface area contributed by atoms with E-state index in [9.17, 15) is 10.1 Å². The van der Waals surface area contributed by atoms with Crippen LogP contribution >= 0.6 is 27.5 Å². The predicted molar refractivity (Wildman–Crippen MR) is 289 cm³/mol. The van der Waals surface area contributed by atoms with Gasteiger partial charge in [-0.05, 0) is 110 Å². The van der Waals surface area contributed by atoms with Gasteiger partial charge in [-0.3, -0.25) is 4.79 Å². The highest BCUT2D eigenvalue weighted by atomic mass is 79.9. The number of rotatable bonds is 13. The summed E-state index contributed by atoms with van der Waals surface area (Å²) in [5.41, 5.74) is 8.06. The number of nitrogens with one attached hydrogen (secondary N) is 1. The molecular weight excluding hydrogens is 1010 g/mol. The van der Waals surface area contributed by atoms with Gasteiger partial charge in [0.25, 0.3) is 5.91 Å². The van der Waals surface area contributed by atoms with Crippen LogP contribution in [0.4, 0.5) is 23.4 Å². The molecular formula is C53H60BrClN16O2. The number of hydrogen-bond acceptors (Lipinski definition) is 15. The molecule has 0 unspecified atom stereocenters. The third-order valence-electron chi connectivity index (χ3n) is 15.2. The molecule has 18 nitrogen and oxygen atoms in total. The Morgan fingerprint density at radius 1 is 0.945 bits per heavy atom. The van der Waals surface area contributed by atoms with E-state index in [2.05, 4.69) is 122 Å². The van der Waals surface area contributed by atoms with E-state index in [4.69, 9.17) is 46.4 Å². The number of H-pyrrole nitrogens is 1. The van der Waals surface area contributed by atoms with Crippen LogP contribution in [-0.4, -0.2) is 158 Å². The lowest BCUT2D eigenvalue weighted by Gasteiger charge is -2.43. The second-order valence-corrected chi connectivity index (χ2v) is 21.3. The molecule has 4 aliphatic rings. The summed E-state index contributed by atoms with van der Waals surface area (Å²) in [7, 11) is 4.25. The van der Waals surface area contributed by atoms with Crippen molar-refractivity contribution in [2.24, 2.45) is 0 Å². The van der Waals surface area contributed by atoms with E-state index in [1.165, 1.54) is 0 Å². The molecule has 378 valence electrons. The van der Waals surface area contributed by atoms with Gasteiger partial charge in [-0.25, -0.2) is 4.98 Å². The molecule has 0 radical (unpaired) electrons. The fourth-order valence-corrected chi connectivity index (χ4v) is 11.5. The number of aromatic nitrogens is 8. The normalized spacial score (nSPS) is 18.8. The van der Waals surface area contributed by atoms with Gasteiger partial charge in [0.05, 0.1) is 70.6 Å². The number of carbonyl (C=O) groups is 1. The fourth-order valence-electron chi connectivity index (χ4n) is 10.9. The minimum absolute atomic E-state index is 0.105. The average molecular weight is 1070 g/mol. The highest BCUT2D eigenvalue weighted by Gasteiger charge is 2.36. The smallest absolute Gasteiger partial charge is 0.318 e. The number of hydrogen-bond donors (Lipinski definition) is 1. The number of anilines is 4. The Morgan fingerprint density at radius 3 is 2.53 bits per heavy atom. The molecule has 7 aromatic rings. The number of aryl methyl sites for hydroxylation is 2. The molecule has 1 N–H and O–H groups in total. The summed E-state index contributed by atoms with van der Waals surface area (Å²) in [5.74, 6) is 2.34. The van der Waals surface area contributed by atoms with Crippen LogP contribution in [0.2, 0.25) is 5.02 Å². The Bertz CT molecular complexity index is 3250. The highest BCUT2D eigenvalue weighted by molar-refractivity contribution is 9.10. The first-order valence-corrected chi connectivity index (χ1v) is 26.4. The number of fused-ring (bicyclic) bond motifs is 4. The number of piperazine rings is 2. The number of likely N-dealkylation sites (N-methyl/N-ethyl adjacent to an activating group) is 2. The van der Waals surface area contributed by atoms with Crippen LogP contribution in [-0.2, 0) is 24.3 Å². The maximum absolute atomic E-state index is 15.0. The lowest BCUT2D eigenvalue weighted by atomic mass is 10.0. The Balaban J connectivity index is 0.886. The van der Waals surface area contributed by atoms with Gasteiger partial charge in [0, 0.05) is 80.6 Å². The van der Waals surface area contributed by atoms with Gasteiger partial charge in [0.1, 0.15) is 18.2 Å². The number of nitrogens with zero attached hydrogens (tertiary/aromatic N) is 15. The lowest BCUT2D eigenvalue weighted by Crippen LogP contribution is -2.56. The molecule has 73 heavy (non-hydrogen) atoms. The molecule has 2 atom stereocenters. The molecule has 0 spiro atoms. The van der Waals surface area contributed by atoms with Crippen molar-refractivity contribution in [2.75, 3.05) is 106 Å². The van der Waals surface area contributed by atoms with Crippen LogP contribution in [0.15, 0.2) is 71.4 Å². The molecule has 3 saturated heterocycles. The number of nitriles is 1. The highest BCUT2D eigenvalue weighted by Crippen LogP contribution is 2.38. The van der Waals surface area contributed by atoms with Crippen molar-refractivity contribution in [3.63, 3.8) is 0 Å². The standard InChI is InChI=1S/C53H60BrClN16O2/c1-33-25-42-43(26-34(33)2)59-46(58-42)31-69(53-63-51(66-21-19-64(4)20-22-66)61-49-40(54)27-57-71(49)53)28-35(3)50(72)70-24-23-68(29-37(70)14-16-56)48-39-15-18-67(45-13-7-10-36-9-6-12-41(55)47(36)45)30-44(39)60-52(62-48)73-32-38-11-8-17-65(38)5/h6-7,9-10,12-13,25-27,37-38H,3,8,11,14-15,17-24,28-32H2,1-2,4-5H3,(H,58,59)/t37-,38-/m0/s1. The topological polar surface area (TPSA) is 170 Å². The third-order valence-corrected chi connectivity index (χ3v) is 16.1. The van der Waals surface area contributed by atoms with Crippen LogP contribution in [0.25, 0.3) is 27.5 Å². The molecule has 4 aromatic heterocycles. The van der Waals surface area contributed by atoms with Crippen LogP contribution in [0, 0.1) is 25.2 Å². The average Bonchev–Trinajstić information content (AvgIpc) is 4.11. The minimum Gasteiger partial charge on any atom is -0.462 e. The fraction of sp³-hybridized carbons (Fsp3) is 0.434. The van der Waals surface area contributed by atoms with Crippen LogP contribution < -0.4 is 24.3 Å². The summed E-state index contributed by atoms with van der Waals surface area (Å²) in [6.45, 7) is 16.3. The summed E-state index contributed by atoms with van der Waals surface area (Å²) in [5, 5.41) is 17.9. The maximum atomic E-state index is 15.0. The molecule has 0 aliphatic carbocycles. The Morgan fingerprint density at radius 2 is 1.74 bits per heavy atom. The van der Waals surface area contributed by atoms with Crippen LogP contribution in [0.5, 0.6) is 6.01 Å². The first-order chi connectivity index (χ1) is 35.4. The van der Waals surface area contributed by atoms with Crippen molar-refractivity contribution < 1.29 is 9.53 Å². The second kappa shape index (κ2) is 20.4. The molecule has 1 amide bonds. The van der Waals surface area contributed by atoms with E-state index in [1.807, 2.05) is 21.9 Å². The van der Waals surface area contributed by atoms with Crippen molar-refractivity contribution >= 4 is 84.3 Å². The molecule has 0 bridgehead atoms. The number of benzene rings is 3. The predicted octanol–water partition coefficient (Wildman–Crippen LogP) is 6.96. The molecule has 0 saturated carbocycles. The number of likely N-dealkylation sites (tertiary alicyclic amines) is 1. The van der Waals surface area contributed by atoms with E-state index in [-0.39, 0.29) is 31.5 Å². The molecule has 3 fully saturated rings. The number of ether oxygens (including phenoxy) is 1. The Hall–Kier alpha value is -6.59. The van der Waals surface area contributed by atoms with Crippen molar-refractivity contribution in [2.45, 2.75) is 64.7 Å². The van der Waals surface area contributed by atoms with Gasteiger partial charge in [-0.2, -0.15) is 34.8 Å². The minimum atomic E-state index is -0.449. The summed E-state index contributed by atoms with van der Waals surface area (Å²) in [6, 6.07) is 19.1. The van der Waals surface area contributed by atoms with Crippen LogP contribution in [0.1, 0.15) is 47.5 Å². The zero-order valence-electron chi connectivity index (χ0n) is 41.9. The van der Waals surface area contributed by atoms with Gasteiger partial charge < -0.3 is 44.0 Å². The number of halogens is 2. The Labute approximate surface area is 438 Å². The van der Waals surface area contributed by atoms with Crippen molar-refractivity contribution in [3.05, 3.63) is 105 Å². The molecule has 3 aromatic carbocycles. The van der Waals surface area contributed by atoms with E-state index in [0.717, 1.165) is 112 Å². The van der Waals surface area contributed by atoms with E-state index >= 15 is 0 Å². The molecule has 20 heteroatoms. The zero-order valence-corrected chi connectivity index (χ0v) is 44.2. The van der Waals surface area contributed by atoms with E-state index < -0.39 is 6.04 Å². The quantitative estimate of drug-likeness (QED) is 0.118. The van der Waals surface area contributed by atoms with Gasteiger partial charge >= 0.3 is 6.01 Å². The van der Waals surface area contributed by atoms with Gasteiger partial charge in [0.2, 0.25) is 11.9 Å². The molecule has 11 rings (SSSR count). The first-order valence-electron chi connectivity index (χ1n) is 25.2. The zero-order chi connectivity index (χ0) is 50.5. The number of imidazole rings is 1. The van der Waals surface area contributed by atoms with Crippen molar-refractivity contribution in [1.29, 1.82) is 5.26 Å². The third kappa shape index (κ3) is 9.73. The first kappa shape index (κ1) is 48.7. The van der Waals surface area contributed by atoms with E-state index in [0.29, 0.717) is 79.2 Å². The number of carbonyl (C=O) groups excluding carboxylic acids is 1. The largest absolute Gasteiger partial charge is 0.462 e. The van der Waals surface area contributed by atoms with E-state index in [1.54, 1.807) is 10.7 Å². The summed E-state index contributed by atoms with van der Waals surface area (Å²) in [6.07, 6.45) is 4.71. The summed E-state index contributed by atoms with van der Waals surface area (Å²) in [4.78, 5) is 59.1.